The van der Waals surface area contributed by atoms with Crippen LogP contribution in [0.5, 0.6) is 0 Å². The van der Waals surface area contributed by atoms with E-state index in [2.05, 4.69) is 22.4 Å². The summed E-state index contributed by atoms with van der Waals surface area (Å²) < 4.78 is 0. The summed E-state index contributed by atoms with van der Waals surface area (Å²) >= 11 is 0. The van der Waals surface area contributed by atoms with Gasteiger partial charge in [-0.1, -0.05) is 6.07 Å². The molecular weight excluding hydrogens is 174 g/mol. The first-order chi connectivity index (χ1) is 6.68. The summed E-state index contributed by atoms with van der Waals surface area (Å²) in [5.74, 6) is 1.01. The van der Waals surface area contributed by atoms with Crippen LogP contribution in [0.1, 0.15) is 18.4 Å². The molecular formula is C11H17N3. The van der Waals surface area contributed by atoms with Crippen LogP contribution in [0.15, 0.2) is 18.3 Å². The lowest BCUT2D eigenvalue weighted by molar-refractivity contribution is 0.583. The van der Waals surface area contributed by atoms with E-state index in [1.807, 2.05) is 32.2 Å². The maximum Gasteiger partial charge on any atom is 0.127 e. The van der Waals surface area contributed by atoms with Gasteiger partial charge in [0, 0.05) is 25.8 Å². The van der Waals surface area contributed by atoms with Crippen LogP contribution < -0.4 is 10.2 Å². The van der Waals surface area contributed by atoms with Gasteiger partial charge in [0.15, 0.2) is 0 Å². The Morgan fingerprint density at radius 2 is 2.07 bits per heavy atom. The van der Waals surface area contributed by atoms with Crippen LogP contribution >= 0.6 is 0 Å². The summed E-state index contributed by atoms with van der Waals surface area (Å²) in [6.07, 6.45) is 4.44. The lowest BCUT2D eigenvalue weighted by Gasteiger charge is -2.16. The van der Waals surface area contributed by atoms with Crippen molar-refractivity contribution in [1.82, 2.24) is 10.3 Å². The van der Waals surface area contributed by atoms with Gasteiger partial charge in [-0.2, -0.15) is 0 Å². The molecule has 1 aromatic rings. The molecule has 1 heterocycles. The Balaban J connectivity index is 2.22. The van der Waals surface area contributed by atoms with E-state index in [-0.39, 0.29) is 5.54 Å². The van der Waals surface area contributed by atoms with Crippen molar-refractivity contribution in [2.75, 3.05) is 26.0 Å². The Kier molecular flexibility index (Phi) is 2.19. The molecule has 1 saturated carbocycles. The molecule has 0 bridgehead atoms. The fourth-order valence-corrected chi connectivity index (χ4v) is 1.74. The molecule has 0 unspecified atom stereocenters. The zero-order valence-corrected chi connectivity index (χ0v) is 9.04. The van der Waals surface area contributed by atoms with Crippen LogP contribution in [0.25, 0.3) is 0 Å². The van der Waals surface area contributed by atoms with E-state index in [0.29, 0.717) is 0 Å². The number of anilines is 1. The minimum absolute atomic E-state index is 0.234. The van der Waals surface area contributed by atoms with Gasteiger partial charge < -0.3 is 10.2 Å². The van der Waals surface area contributed by atoms with E-state index in [4.69, 9.17) is 0 Å². The van der Waals surface area contributed by atoms with Crippen LogP contribution in [0.3, 0.4) is 0 Å². The largest absolute Gasteiger partial charge is 0.363 e. The van der Waals surface area contributed by atoms with E-state index in [1.165, 1.54) is 18.4 Å². The average Bonchev–Trinajstić information content (AvgIpc) is 2.99. The van der Waals surface area contributed by atoms with Crippen molar-refractivity contribution in [3.63, 3.8) is 0 Å². The average molecular weight is 191 g/mol. The molecule has 1 aliphatic carbocycles. The van der Waals surface area contributed by atoms with Gasteiger partial charge in [0.05, 0.1) is 0 Å². The van der Waals surface area contributed by atoms with Crippen LogP contribution in [0, 0.1) is 0 Å². The molecule has 3 heteroatoms. The Morgan fingerprint density at radius 1 is 1.36 bits per heavy atom. The smallest absolute Gasteiger partial charge is 0.127 e. The summed E-state index contributed by atoms with van der Waals surface area (Å²) in [5, 5.41) is 3.36. The van der Waals surface area contributed by atoms with Crippen molar-refractivity contribution < 1.29 is 0 Å². The van der Waals surface area contributed by atoms with Gasteiger partial charge in [-0.25, -0.2) is 4.98 Å². The molecule has 0 atom stereocenters. The normalized spacial score (nSPS) is 17.9. The predicted molar refractivity (Wildman–Crippen MR) is 58.5 cm³/mol. The molecule has 0 spiro atoms. The Bertz CT molecular complexity index is 312. The molecule has 0 aliphatic heterocycles. The van der Waals surface area contributed by atoms with Gasteiger partial charge in [0.25, 0.3) is 0 Å². The third kappa shape index (κ3) is 1.48. The second-order valence-corrected chi connectivity index (χ2v) is 4.13. The fraction of sp³-hybridized carbons (Fsp3) is 0.545. The third-order valence-corrected chi connectivity index (χ3v) is 2.99. The number of aromatic nitrogens is 1. The maximum absolute atomic E-state index is 4.42. The van der Waals surface area contributed by atoms with E-state index in [9.17, 15) is 0 Å². The van der Waals surface area contributed by atoms with Gasteiger partial charge in [-0.05, 0) is 31.5 Å². The fourth-order valence-electron chi connectivity index (χ4n) is 1.74. The molecule has 76 valence electrons. The van der Waals surface area contributed by atoms with Gasteiger partial charge in [0.1, 0.15) is 5.82 Å². The van der Waals surface area contributed by atoms with Gasteiger partial charge in [-0.15, -0.1) is 0 Å². The first kappa shape index (κ1) is 9.46. The summed E-state index contributed by atoms with van der Waals surface area (Å²) in [6, 6.07) is 4.25. The topological polar surface area (TPSA) is 28.2 Å². The molecule has 3 nitrogen and oxygen atoms in total. The zero-order chi connectivity index (χ0) is 10.2. The highest BCUT2D eigenvalue weighted by atomic mass is 15.1. The predicted octanol–water partition coefficient (Wildman–Crippen LogP) is 1.36. The number of hydrogen-bond acceptors (Lipinski definition) is 3. The van der Waals surface area contributed by atoms with E-state index >= 15 is 0 Å². The Morgan fingerprint density at radius 3 is 2.43 bits per heavy atom. The minimum Gasteiger partial charge on any atom is -0.363 e. The van der Waals surface area contributed by atoms with E-state index in [1.54, 1.807) is 0 Å². The van der Waals surface area contributed by atoms with Crippen LogP contribution in [-0.2, 0) is 5.54 Å². The Labute approximate surface area is 85.1 Å². The second-order valence-electron chi connectivity index (χ2n) is 4.13. The first-order valence-corrected chi connectivity index (χ1v) is 5.01. The summed E-state index contributed by atoms with van der Waals surface area (Å²) in [5.41, 5.74) is 1.54. The quantitative estimate of drug-likeness (QED) is 0.782. The molecule has 1 fully saturated rings. The molecule has 14 heavy (non-hydrogen) atoms. The number of rotatable bonds is 3. The summed E-state index contributed by atoms with van der Waals surface area (Å²) in [7, 11) is 6.03. The van der Waals surface area contributed by atoms with Crippen molar-refractivity contribution >= 4 is 5.82 Å². The van der Waals surface area contributed by atoms with Crippen molar-refractivity contribution in [3.8, 4) is 0 Å². The summed E-state index contributed by atoms with van der Waals surface area (Å²) in [4.78, 5) is 6.43. The number of pyridine rings is 1. The van der Waals surface area contributed by atoms with Crippen molar-refractivity contribution in [2.45, 2.75) is 18.4 Å². The van der Waals surface area contributed by atoms with Crippen molar-refractivity contribution in [1.29, 1.82) is 0 Å². The molecule has 0 aromatic carbocycles. The van der Waals surface area contributed by atoms with Crippen molar-refractivity contribution in [2.24, 2.45) is 0 Å². The molecule has 0 saturated heterocycles. The van der Waals surface area contributed by atoms with Crippen LogP contribution in [0.2, 0.25) is 0 Å². The van der Waals surface area contributed by atoms with Crippen LogP contribution in [-0.4, -0.2) is 26.1 Å². The highest BCUT2D eigenvalue weighted by Gasteiger charge is 2.42. The lowest BCUT2D eigenvalue weighted by Crippen LogP contribution is -2.24. The highest BCUT2D eigenvalue weighted by Crippen LogP contribution is 2.44. The molecule has 0 radical (unpaired) electrons. The minimum atomic E-state index is 0.234. The number of nitrogens with one attached hydrogen (secondary N) is 1. The molecule has 1 aliphatic rings. The molecule has 1 aromatic heterocycles. The third-order valence-electron chi connectivity index (χ3n) is 2.99. The van der Waals surface area contributed by atoms with E-state index < -0.39 is 0 Å². The SMILES string of the molecule is CNC1(c2ccc(N(C)C)nc2)CC1. The van der Waals surface area contributed by atoms with Crippen molar-refractivity contribution in [3.05, 3.63) is 23.9 Å². The number of hydrogen-bond donors (Lipinski definition) is 1. The highest BCUT2D eigenvalue weighted by molar-refractivity contribution is 5.40. The first-order valence-electron chi connectivity index (χ1n) is 5.01. The standard InChI is InChI=1S/C11H17N3/c1-12-11(6-7-11)9-4-5-10(13-8-9)14(2)3/h4-5,8,12H,6-7H2,1-3H3. The lowest BCUT2D eigenvalue weighted by atomic mass is 10.1. The monoisotopic (exact) mass is 191 g/mol. The van der Waals surface area contributed by atoms with Crippen LogP contribution in [0.4, 0.5) is 5.82 Å². The Hall–Kier alpha value is -1.09. The summed E-state index contributed by atoms with van der Waals surface area (Å²) in [6.45, 7) is 0. The van der Waals surface area contributed by atoms with E-state index in [0.717, 1.165) is 5.82 Å². The molecule has 0 amide bonds. The maximum atomic E-state index is 4.42. The van der Waals surface area contributed by atoms with Gasteiger partial charge in [0.2, 0.25) is 0 Å². The zero-order valence-electron chi connectivity index (χ0n) is 9.04. The number of nitrogens with zero attached hydrogens (tertiary/aromatic N) is 2. The van der Waals surface area contributed by atoms with Gasteiger partial charge in [-0.3, -0.25) is 0 Å². The molecule has 1 N–H and O–H groups in total. The molecule has 2 rings (SSSR count). The van der Waals surface area contributed by atoms with Gasteiger partial charge >= 0.3 is 0 Å². The second kappa shape index (κ2) is 3.24.